The van der Waals surface area contributed by atoms with Crippen molar-refractivity contribution in [2.75, 3.05) is 7.11 Å². The van der Waals surface area contributed by atoms with E-state index in [0.717, 1.165) is 12.1 Å². The van der Waals surface area contributed by atoms with E-state index in [0.29, 0.717) is 0 Å². The summed E-state index contributed by atoms with van der Waals surface area (Å²) in [6.45, 7) is 0. The van der Waals surface area contributed by atoms with E-state index < -0.39 is 29.4 Å². The summed E-state index contributed by atoms with van der Waals surface area (Å²) in [6.07, 6.45) is -0.0687. The highest BCUT2D eigenvalue weighted by Crippen LogP contribution is 2.21. The molecule has 0 aliphatic rings. The van der Waals surface area contributed by atoms with Gasteiger partial charge in [0.1, 0.15) is 6.04 Å². The zero-order chi connectivity index (χ0) is 12.3. The van der Waals surface area contributed by atoms with Gasteiger partial charge in [0.2, 0.25) is 0 Å². The highest BCUT2D eigenvalue weighted by molar-refractivity contribution is 5.85. The molecule has 0 aromatic heterocycles. The molecule has 1 atom stereocenters. The van der Waals surface area contributed by atoms with Crippen molar-refractivity contribution in [3.8, 4) is 5.75 Å². The van der Waals surface area contributed by atoms with Crippen LogP contribution in [0, 0.1) is 11.6 Å². The molecule has 0 bridgehead atoms. The molecule has 0 heterocycles. The molecule has 0 amide bonds. The van der Waals surface area contributed by atoms with Crippen LogP contribution in [0.25, 0.3) is 0 Å². The number of rotatable bonds is 3. The van der Waals surface area contributed by atoms with Gasteiger partial charge in [-0.25, -0.2) is 8.78 Å². The Bertz CT molecular complexity index is 392. The van der Waals surface area contributed by atoms with Crippen LogP contribution >= 0.6 is 12.4 Å². The lowest BCUT2D eigenvalue weighted by Gasteiger charge is -2.09. The van der Waals surface area contributed by atoms with Gasteiger partial charge in [-0.2, -0.15) is 0 Å². The van der Waals surface area contributed by atoms with Crippen molar-refractivity contribution in [1.82, 2.24) is 0 Å². The maximum absolute atomic E-state index is 12.9. The third kappa shape index (κ3) is 3.83. The van der Waals surface area contributed by atoms with E-state index in [-0.39, 0.29) is 24.4 Å². The summed E-state index contributed by atoms with van der Waals surface area (Å²) in [6, 6.07) is 0.843. The molecule has 0 saturated carbocycles. The van der Waals surface area contributed by atoms with Gasteiger partial charge in [-0.3, -0.25) is 4.79 Å². The fourth-order valence-corrected chi connectivity index (χ4v) is 1.22. The number of methoxy groups -OCH3 is 1. The van der Waals surface area contributed by atoms with Crippen molar-refractivity contribution in [3.05, 3.63) is 29.3 Å². The molecular formula is C10H12ClF2NO3. The van der Waals surface area contributed by atoms with Crippen molar-refractivity contribution in [2.24, 2.45) is 5.73 Å². The molecule has 0 spiro atoms. The predicted molar refractivity (Wildman–Crippen MR) is 59.0 cm³/mol. The van der Waals surface area contributed by atoms with Crippen LogP contribution in [0.15, 0.2) is 12.1 Å². The Morgan fingerprint density at radius 2 is 1.94 bits per heavy atom. The fourth-order valence-electron chi connectivity index (χ4n) is 1.22. The Balaban J connectivity index is 0.00000256. The maximum atomic E-state index is 12.9. The number of carbonyl (C=O) groups is 1. The molecule has 1 aromatic rings. The Labute approximate surface area is 103 Å². The lowest BCUT2D eigenvalue weighted by molar-refractivity contribution is -0.142. The minimum absolute atomic E-state index is 0. The lowest BCUT2D eigenvalue weighted by Crippen LogP contribution is -2.33. The first-order valence-electron chi connectivity index (χ1n) is 4.46. The summed E-state index contributed by atoms with van der Waals surface area (Å²) < 4.78 is 30.2. The first kappa shape index (κ1) is 15.6. The third-order valence-electron chi connectivity index (χ3n) is 2.04. The van der Waals surface area contributed by atoms with Crippen LogP contribution in [0.1, 0.15) is 5.56 Å². The molecule has 17 heavy (non-hydrogen) atoms. The molecule has 0 radical (unpaired) electrons. The SMILES string of the molecule is COC(=O)C(N)Cc1cc(F)c(O)c(F)c1.Cl. The summed E-state index contributed by atoms with van der Waals surface area (Å²) in [5, 5.41) is 8.85. The number of carbonyl (C=O) groups excluding carboxylic acids is 1. The molecule has 0 fully saturated rings. The van der Waals surface area contributed by atoms with Gasteiger partial charge in [-0.1, -0.05) is 0 Å². The summed E-state index contributed by atoms with van der Waals surface area (Å²) in [5.41, 5.74) is 5.59. The van der Waals surface area contributed by atoms with E-state index in [1.807, 2.05) is 0 Å². The van der Waals surface area contributed by atoms with Gasteiger partial charge in [0.25, 0.3) is 0 Å². The quantitative estimate of drug-likeness (QED) is 0.806. The minimum Gasteiger partial charge on any atom is -0.503 e. The molecule has 0 saturated heterocycles. The number of nitrogens with two attached hydrogens (primary N) is 1. The summed E-state index contributed by atoms with van der Waals surface area (Å²) in [5.74, 6) is -3.90. The van der Waals surface area contributed by atoms with Crippen molar-refractivity contribution in [3.63, 3.8) is 0 Å². The molecule has 0 aliphatic carbocycles. The largest absolute Gasteiger partial charge is 0.503 e. The van der Waals surface area contributed by atoms with Crippen molar-refractivity contribution in [2.45, 2.75) is 12.5 Å². The third-order valence-corrected chi connectivity index (χ3v) is 2.04. The van der Waals surface area contributed by atoms with Crippen molar-refractivity contribution in [1.29, 1.82) is 0 Å². The average molecular weight is 268 g/mol. The van der Waals surface area contributed by atoms with E-state index in [2.05, 4.69) is 4.74 Å². The Hall–Kier alpha value is -1.40. The maximum Gasteiger partial charge on any atom is 0.322 e. The number of phenolic OH excluding ortho intramolecular Hbond substituents is 1. The van der Waals surface area contributed by atoms with Crippen molar-refractivity contribution >= 4 is 18.4 Å². The van der Waals surface area contributed by atoms with Gasteiger partial charge in [0.05, 0.1) is 7.11 Å². The highest BCUT2D eigenvalue weighted by atomic mass is 35.5. The van der Waals surface area contributed by atoms with E-state index >= 15 is 0 Å². The van der Waals surface area contributed by atoms with Crippen LogP contribution in [0.5, 0.6) is 5.75 Å². The molecule has 7 heteroatoms. The number of aromatic hydroxyl groups is 1. The van der Waals surface area contributed by atoms with Crippen LogP contribution in [-0.2, 0) is 16.0 Å². The second-order valence-electron chi connectivity index (χ2n) is 3.24. The highest BCUT2D eigenvalue weighted by Gasteiger charge is 2.17. The van der Waals surface area contributed by atoms with Crippen molar-refractivity contribution < 1.29 is 23.4 Å². The second-order valence-corrected chi connectivity index (χ2v) is 3.24. The monoisotopic (exact) mass is 267 g/mol. The van der Waals surface area contributed by atoms with Crippen LogP contribution in [-0.4, -0.2) is 24.2 Å². The van der Waals surface area contributed by atoms with Gasteiger partial charge in [0.15, 0.2) is 17.4 Å². The van der Waals surface area contributed by atoms with Crippen LogP contribution in [0.2, 0.25) is 0 Å². The minimum atomic E-state index is -1.09. The van der Waals surface area contributed by atoms with Gasteiger partial charge < -0.3 is 15.6 Å². The predicted octanol–water partition coefficient (Wildman–Crippen LogP) is 1.13. The first-order chi connectivity index (χ1) is 7.45. The molecular weight excluding hydrogens is 256 g/mol. The molecule has 4 nitrogen and oxygen atoms in total. The number of ether oxygens (including phenoxy) is 1. The number of esters is 1. The smallest absolute Gasteiger partial charge is 0.322 e. The molecule has 0 aliphatic heterocycles. The molecule has 3 N–H and O–H groups in total. The average Bonchev–Trinajstić information content (AvgIpc) is 2.24. The van der Waals surface area contributed by atoms with Crippen LogP contribution < -0.4 is 5.73 Å². The normalized spacial score (nSPS) is 11.5. The van der Waals surface area contributed by atoms with E-state index in [4.69, 9.17) is 10.8 Å². The Kier molecular flexibility index (Phi) is 5.84. The van der Waals surface area contributed by atoms with Gasteiger partial charge in [-0.05, 0) is 24.1 Å². The number of hydrogen-bond donors (Lipinski definition) is 2. The van der Waals surface area contributed by atoms with Gasteiger partial charge >= 0.3 is 5.97 Å². The van der Waals surface area contributed by atoms with Gasteiger partial charge in [0, 0.05) is 0 Å². The Morgan fingerprint density at radius 1 is 1.47 bits per heavy atom. The van der Waals surface area contributed by atoms with Gasteiger partial charge in [-0.15, -0.1) is 12.4 Å². The number of phenols is 1. The second kappa shape index (κ2) is 6.36. The first-order valence-corrected chi connectivity index (χ1v) is 4.46. The summed E-state index contributed by atoms with van der Waals surface area (Å²) >= 11 is 0. The molecule has 1 unspecified atom stereocenters. The van der Waals surface area contributed by atoms with E-state index in [9.17, 15) is 13.6 Å². The van der Waals surface area contributed by atoms with Crippen LogP contribution in [0.3, 0.4) is 0 Å². The lowest BCUT2D eigenvalue weighted by atomic mass is 10.1. The topological polar surface area (TPSA) is 72.5 Å². The van der Waals surface area contributed by atoms with Crippen LogP contribution in [0.4, 0.5) is 8.78 Å². The number of halogens is 3. The summed E-state index contributed by atoms with van der Waals surface area (Å²) in [7, 11) is 1.17. The Morgan fingerprint density at radius 3 is 2.35 bits per heavy atom. The standard InChI is InChI=1S/C10H11F2NO3.ClH/c1-16-10(15)8(13)4-5-2-6(11)9(14)7(12)3-5;/h2-3,8,14H,4,13H2,1H3;1H. The molecule has 1 aromatic carbocycles. The number of hydrogen-bond acceptors (Lipinski definition) is 4. The zero-order valence-electron chi connectivity index (χ0n) is 8.94. The molecule has 1 rings (SSSR count). The number of benzene rings is 1. The van der Waals surface area contributed by atoms with E-state index in [1.54, 1.807) is 0 Å². The fraction of sp³-hybridized carbons (Fsp3) is 0.300. The zero-order valence-corrected chi connectivity index (χ0v) is 9.76. The molecule has 96 valence electrons. The summed E-state index contributed by atoms with van der Waals surface area (Å²) in [4.78, 5) is 11.0. The van der Waals surface area contributed by atoms with E-state index in [1.165, 1.54) is 7.11 Å².